The van der Waals surface area contributed by atoms with Crippen molar-refractivity contribution in [2.75, 3.05) is 6.61 Å². The number of carbonyl (C=O) groups is 1. The number of imidazole rings is 1. The van der Waals surface area contributed by atoms with Gasteiger partial charge in [0, 0.05) is 19.6 Å². The van der Waals surface area contributed by atoms with Crippen molar-refractivity contribution in [1.82, 2.24) is 9.55 Å². The Kier molecular flexibility index (Phi) is 5.33. The molecule has 1 heterocycles. The van der Waals surface area contributed by atoms with Crippen LogP contribution in [0.25, 0.3) is 11.0 Å². The van der Waals surface area contributed by atoms with E-state index in [-0.39, 0.29) is 6.61 Å². The highest BCUT2D eigenvalue weighted by Gasteiger charge is 2.16. The van der Waals surface area contributed by atoms with Gasteiger partial charge in [0.05, 0.1) is 16.6 Å². The zero-order valence-corrected chi connectivity index (χ0v) is 12.4. The molecule has 1 aromatic heterocycles. The fraction of sp³-hybridized carbons (Fsp3) is 0.500. The molecule has 2 N–H and O–H groups in total. The molecule has 0 spiro atoms. The molecule has 1 aromatic carbocycles. The van der Waals surface area contributed by atoms with E-state index in [2.05, 4.69) is 11.9 Å². The number of aryl methyl sites for hydroxylation is 2. The van der Waals surface area contributed by atoms with Gasteiger partial charge < -0.3 is 14.8 Å². The third kappa shape index (κ3) is 3.42. The Morgan fingerprint density at radius 3 is 2.76 bits per heavy atom. The van der Waals surface area contributed by atoms with Crippen molar-refractivity contribution in [2.24, 2.45) is 0 Å². The van der Waals surface area contributed by atoms with Crippen LogP contribution >= 0.6 is 0 Å². The van der Waals surface area contributed by atoms with Gasteiger partial charge in [-0.3, -0.25) is 0 Å². The third-order valence-electron chi connectivity index (χ3n) is 3.59. The number of carboxylic acids is 1. The van der Waals surface area contributed by atoms with Crippen molar-refractivity contribution < 1.29 is 15.0 Å². The van der Waals surface area contributed by atoms with Gasteiger partial charge in [-0.2, -0.15) is 0 Å². The van der Waals surface area contributed by atoms with Crippen LogP contribution in [0.5, 0.6) is 0 Å². The first-order chi connectivity index (χ1) is 10.2. The third-order valence-corrected chi connectivity index (χ3v) is 3.59. The standard InChI is InChI=1S/C16H22N2O3/c1-2-7-14-17-13-9-6-8-12(16(20)21)15(13)18(14)10-4-3-5-11-19/h6,8-9,19H,2-5,7,10-11H2,1H3,(H,20,21). The predicted octanol–water partition coefficient (Wildman–Crippen LogP) is 2.85. The lowest BCUT2D eigenvalue weighted by Crippen LogP contribution is -2.07. The number of unbranched alkanes of at least 4 members (excludes halogenated alkanes) is 2. The maximum Gasteiger partial charge on any atom is 0.337 e. The SMILES string of the molecule is CCCc1nc2cccc(C(=O)O)c2n1CCCCCO. The molecule has 0 amide bonds. The topological polar surface area (TPSA) is 75.3 Å². The maximum absolute atomic E-state index is 11.4. The fourth-order valence-corrected chi connectivity index (χ4v) is 2.62. The molecule has 2 rings (SSSR count). The lowest BCUT2D eigenvalue weighted by Gasteiger charge is -2.10. The summed E-state index contributed by atoms with van der Waals surface area (Å²) >= 11 is 0. The van der Waals surface area contributed by atoms with Crippen molar-refractivity contribution in [2.45, 2.75) is 45.6 Å². The van der Waals surface area contributed by atoms with Gasteiger partial charge in [-0.25, -0.2) is 9.78 Å². The minimum Gasteiger partial charge on any atom is -0.478 e. The molecule has 114 valence electrons. The van der Waals surface area contributed by atoms with Gasteiger partial charge in [0.1, 0.15) is 5.82 Å². The van der Waals surface area contributed by atoms with E-state index in [4.69, 9.17) is 5.11 Å². The first kappa shape index (κ1) is 15.5. The summed E-state index contributed by atoms with van der Waals surface area (Å²) in [5, 5.41) is 18.2. The Bertz CT molecular complexity index is 619. The number of hydrogen-bond donors (Lipinski definition) is 2. The second-order valence-electron chi connectivity index (χ2n) is 5.19. The number of rotatable bonds is 8. The molecule has 0 radical (unpaired) electrons. The van der Waals surface area contributed by atoms with Gasteiger partial charge in [-0.05, 0) is 37.8 Å². The van der Waals surface area contributed by atoms with Crippen LogP contribution in [0.15, 0.2) is 18.2 Å². The summed E-state index contributed by atoms with van der Waals surface area (Å²) in [7, 11) is 0. The van der Waals surface area contributed by atoms with E-state index in [1.165, 1.54) is 0 Å². The minimum absolute atomic E-state index is 0.201. The van der Waals surface area contributed by atoms with Gasteiger partial charge >= 0.3 is 5.97 Å². The summed E-state index contributed by atoms with van der Waals surface area (Å²) in [6.45, 7) is 3.04. The molecule has 0 saturated carbocycles. The monoisotopic (exact) mass is 290 g/mol. The molecule has 0 atom stereocenters. The van der Waals surface area contributed by atoms with E-state index in [9.17, 15) is 9.90 Å². The number of nitrogens with zero attached hydrogens (tertiary/aromatic N) is 2. The number of aromatic nitrogens is 2. The van der Waals surface area contributed by atoms with Gasteiger partial charge in [0.2, 0.25) is 0 Å². The van der Waals surface area contributed by atoms with E-state index in [0.717, 1.165) is 55.5 Å². The van der Waals surface area contributed by atoms with Crippen molar-refractivity contribution in [3.63, 3.8) is 0 Å². The average molecular weight is 290 g/mol. The highest BCUT2D eigenvalue weighted by molar-refractivity contribution is 6.01. The van der Waals surface area contributed by atoms with Crippen LogP contribution in [0.3, 0.4) is 0 Å². The smallest absolute Gasteiger partial charge is 0.337 e. The van der Waals surface area contributed by atoms with Crippen LogP contribution in [0.4, 0.5) is 0 Å². The summed E-state index contributed by atoms with van der Waals surface area (Å²) in [5.41, 5.74) is 1.78. The lowest BCUT2D eigenvalue weighted by molar-refractivity contribution is 0.0698. The van der Waals surface area contributed by atoms with E-state index >= 15 is 0 Å². The Labute approximate surface area is 124 Å². The molecule has 5 heteroatoms. The molecule has 0 aliphatic heterocycles. The lowest BCUT2D eigenvalue weighted by atomic mass is 10.1. The molecule has 0 fully saturated rings. The highest BCUT2D eigenvalue weighted by atomic mass is 16.4. The Balaban J connectivity index is 2.41. The number of aliphatic hydroxyl groups excluding tert-OH is 1. The van der Waals surface area contributed by atoms with E-state index in [1.807, 2.05) is 10.6 Å². The molecular weight excluding hydrogens is 268 g/mol. The number of para-hydroxylation sites is 1. The second-order valence-corrected chi connectivity index (χ2v) is 5.19. The van der Waals surface area contributed by atoms with Crippen molar-refractivity contribution in [3.8, 4) is 0 Å². The van der Waals surface area contributed by atoms with Gasteiger partial charge in [-0.15, -0.1) is 0 Å². The van der Waals surface area contributed by atoms with E-state index in [0.29, 0.717) is 5.56 Å². The van der Waals surface area contributed by atoms with Crippen LogP contribution in [0, 0.1) is 0 Å². The van der Waals surface area contributed by atoms with Crippen LogP contribution in [-0.2, 0) is 13.0 Å². The maximum atomic E-state index is 11.4. The van der Waals surface area contributed by atoms with Crippen LogP contribution < -0.4 is 0 Å². The molecular formula is C16H22N2O3. The first-order valence-electron chi connectivity index (χ1n) is 7.51. The van der Waals surface area contributed by atoms with Crippen molar-refractivity contribution in [1.29, 1.82) is 0 Å². The van der Waals surface area contributed by atoms with E-state index < -0.39 is 5.97 Å². The number of aliphatic hydroxyl groups is 1. The second kappa shape index (κ2) is 7.22. The Morgan fingerprint density at radius 1 is 1.29 bits per heavy atom. The molecule has 21 heavy (non-hydrogen) atoms. The van der Waals surface area contributed by atoms with Crippen molar-refractivity contribution in [3.05, 3.63) is 29.6 Å². The number of fused-ring (bicyclic) bond motifs is 1. The average Bonchev–Trinajstić information content (AvgIpc) is 2.81. The summed E-state index contributed by atoms with van der Waals surface area (Å²) in [4.78, 5) is 16.0. The van der Waals surface area contributed by atoms with Crippen molar-refractivity contribution >= 4 is 17.0 Å². The molecule has 5 nitrogen and oxygen atoms in total. The zero-order valence-electron chi connectivity index (χ0n) is 12.4. The summed E-state index contributed by atoms with van der Waals surface area (Å²) < 4.78 is 2.04. The number of aromatic carboxylic acids is 1. The molecule has 0 unspecified atom stereocenters. The fourth-order valence-electron chi connectivity index (χ4n) is 2.62. The molecule has 2 aromatic rings. The molecule has 0 aliphatic rings. The van der Waals surface area contributed by atoms with Crippen LogP contribution in [-0.4, -0.2) is 32.3 Å². The molecule has 0 bridgehead atoms. The number of hydrogen-bond acceptors (Lipinski definition) is 3. The molecule has 0 saturated heterocycles. The summed E-state index contributed by atoms with van der Waals surface area (Å²) in [5.74, 6) is 0.0327. The number of carboxylic acid groups (broad SMARTS) is 1. The summed E-state index contributed by atoms with van der Waals surface area (Å²) in [6.07, 6.45) is 4.44. The predicted molar refractivity (Wildman–Crippen MR) is 81.6 cm³/mol. The Hall–Kier alpha value is -1.88. The Morgan fingerprint density at radius 2 is 2.10 bits per heavy atom. The van der Waals surface area contributed by atoms with Gasteiger partial charge in [0.25, 0.3) is 0 Å². The first-order valence-corrected chi connectivity index (χ1v) is 7.51. The van der Waals surface area contributed by atoms with Crippen LogP contribution in [0.2, 0.25) is 0 Å². The van der Waals surface area contributed by atoms with Crippen LogP contribution in [0.1, 0.15) is 48.8 Å². The zero-order chi connectivity index (χ0) is 15.2. The van der Waals surface area contributed by atoms with Gasteiger partial charge in [-0.1, -0.05) is 13.0 Å². The summed E-state index contributed by atoms with van der Waals surface area (Å²) in [6, 6.07) is 5.24. The largest absolute Gasteiger partial charge is 0.478 e. The van der Waals surface area contributed by atoms with E-state index in [1.54, 1.807) is 12.1 Å². The highest BCUT2D eigenvalue weighted by Crippen LogP contribution is 2.22. The normalized spacial score (nSPS) is 11.1. The molecule has 0 aliphatic carbocycles. The quantitative estimate of drug-likeness (QED) is 0.733. The number of benzene rings is 1. The minimum atomic E-state index is -0.917. The van der Waals surface area contributed by atoms with Gasteiger partial charge in [0.15, 0.2) is 0 Å².